The van der Waals surface area contributed by atoms with Gasteiger partial charge in [-0.15, -0.1) is 12.4 Å². The molecule has 2 unspecified atom stereocenters. The number of nitrogens with two attached hydrogens (primary N) is 1. The van der Waals surface area contributed by atoms with Crippen LogP contribution in [0.15, 0.2) is 18.2 Å². The van der Waals surface area contributed by atoms with Crippen LogP contribution in [0.1, 0.15) is 32.1 Å². The van der Waals surface area contributed by atoms with E-state index in [1.54, 1.807) is 18.2 Å². The number of carbonyl (C=O) groups excluding carboxylic acids is 1. The molecule has 1 amide bonds. The molecular weight excluding hydrogens is 371 g/mol. The Morgan fingerprint density at radius 2 is 1.88 bits per heavy atom. The molecule has 1 aromatic carbocycles. The Labute approximate surface area is 158 Å². The van der Waals surface area contributed by atoms with Crippen LogP contribution in [-0.2, 0) is 4.79 Å². The first kappa shape index (κ1) is 19.6. The maximum atomic E-state index is 12.2. The van der Waals surface area contributed by atoms with Gasteiger partial charge in [-0.3, -0.25) is 4.79 Å². The fourth-order valence-corrected chi connectivity index (χ4v) is 4.26. The molecule has 3 rings (SSSR count). The minimum absolute atomic E-state index is 0. The first-order valence-corrected chi connectivity index (χ1v) is 8.91. The predicted molar refractivity (Wildman–Crippen MR) is 99.2 cm³/mol. The van der Waals surface area contributed by atoms with Crippen LogP contribution in [0.5, 0.6) is 5.75 Å². The Kier molecular flexibility index (Phi) is 7.05. The summed E-state index contributed by atoms with van der Waals surface area (Å²) in [4.78, 5) is 12.2. The Balaban J connectivity index is 0.00000208. The number of fused-ring (bicyclic) bond motifs is 2. The topological polar surface area (TPSA) is 64.3 Å². The number of halogens is 3. The van der Waals surface area contributed by atoms with Crippen LogP contribution in [0.3, 0.4) is 0 Å². The summed E-state index contributed by atoms with van der Waals surface area (Å²) < 4.78 is 5.51. The summed E-state index contributed by atoms with van der Waals surface area (Å²) in [5.41, 5.74) is 6.12. The van der Waals surface area contributed by atoms with Crippen LogP contribution in [-0.4, -0.2) is 24.6 Å². The van der Waals surface area contributed by atoms with E-state index in [2.05, 4.69) is 5.32 Å². The van der Waals surface area contributed by atoms with Crippen molar-refractivity contribution in [2.24, 2.45) is 17.6 Å². The highest BCUT2D eigenvalue weighted by Crippen LogP contribution is 2.39. The molecule has 134 valence electrons. The Morgan fingerprint density at radius 3 is 2.50 bits per heavy atom. The van der Waals surface area contributed by atoms with Gasteiger partial charge in [0.05, 0.1) is 10.0 Å². The van der Waals surface area contributed by atoms with Crippen molar-refractivity contribution in [3.05, 3.63) is 28.2 Å². The SMILES string of the molecule is Cl.NC1CC2CCCC(C1)C2NC(=O)COc1ccc(Cl)c(Cl)c1. The van der Waals surface area contributed by atoms with Crippen molar-refractivity contribution in [3.8, 4) is 5.75 Å². The first-order valence-electron chi connectivity index (χ1n) is 8.15. The molecule has 2 saturated carbocycles. The summed E-state index contributed by atoms with van der Waals surface area (Å²) in [7, 11) is 0. The number of amides is 1. The molecule has 2 bridgehead atoms. The van der Waals surface area contributed by atoms with Gasteiger partial charge in [0.1, 0.15) is 5.75 Å². The second kappa shape index (κ2) is 8.61. The molecule has 2 atom stereocenters. The number of carbonyl (C=O) groups is 1. The molecule has 0 heterocycles. The minimum Gasteiger partial charge on any atom is -0.484 e. The highest BCUT2D eigenvalue weighted by Gasteiger charge is 2.39. The lowest BCUT2D eigenvalue weighted by molar-refractivity contribution is -0.125. The molecule has 24 heavy (non-hydrogen) atoms. The maximum Gasteiger partial charge on any atom is 0.258 e. The van der Waals surface area contributed by atoms with Crippen LogP contribution in [0.25, 0.3) is 0 Å². The van der Waals surface area contributed by atoms with Gasteiger partial charge in [-0.2, -0.15) is 0 Å². The predicted octanol–water partition coefficient (Wildman–Crippen LogP) is 3.82. The van der Waals surface area contributed by atoms with Crippen molar-refractivity contribution in [2.75, 3.05) is 6.61 Å². The third-order valence-corrected chi connectivity index (χ3v) is 5.70. The smallest absolute Gasteiger partial charge is 0.258 e. The number of hydrogen-bond donors (Lipinski definition) is 2. The number of nitrogens with one attached hydrogen (secondary N) is 1. The molecule has 2 aliphatic rings. The van der Waals surface area contributed by atoms with Crippen molar-refractivity contribution in [3.63, 3.8) is 0 Å². The van der Waals surface area contributed by atoms with E-state index in [0.29, 0.717) is 27.6 Å². The molecule has 2 aliphatic carbocycles. The second-order valence-corrected chi connectivity index (χ2v) is 7.45. The van der Waals surface area contributed by atoms with Gasteiger partial charge in [-0.05, 0) is 49.7 Å². The molecule has 4 nitrogen and oxygen atoms in total. The zero-order valence-electron chi connectivity index (χ0n) is 13.3. The molecule has 3 N–H and O–H groups in total. The van der Waals surface area contributed by atoms with Gasteiger partial charge in [0.25, 0.3) is 5.91 Å². The lowest BCUT2D eigenvalue weighted by atomic mass is 9.67. The van der Waals surface area contributed by atoms with Gasteiger partial charge < -0.3 is 15.8 Å². The van der Waals surface area contributed by atoms with Gasteiger partial charge >= 0.3 is 0 Å². The van der Waals surface area contributed by atoms with E-state index in [9.17, 15) is 4.79 Å². The van der Waals surface area contributed by atoms with E-state index in [0.717, 1.165) is 25.7 Å². The van der Waals surface area contributed by atoms with Gasteiger partial charge in [0.2, 0.25) is 0 Å². The zero-order valence-corrected chi connectivity index (χ0v) is 15.7. The van der Waals surface area contributed by atoms with Crippen LogP contribution in [0.2, 0.25) is 10.0 Å². The van der Waals surface area contributed by atoms with E-state index < -0.39 is 0 Å². The number of hydrogen-bond acceptors (Lipinski definition) is 3. The van der Waals surface area contributed by atoms with Crippen molar-refractivity contribution in [1.82, 2.24) is 5.32 Å². The van der Waals surface area contributed by atoms with Crippen LogP contribution in [0.4, 0.5) is 0 Å². The average molecular weight is 394 g/mol. The molecule has 0 spiro atoms. The number of rotatable bonds is 4. The summed E-state index contributed by atoms with van der Waals surface area (Å²) in [5.74, 6) is 1.46. The molecule has 0 radical (unpaired) electrons. The molecule has 1 aromatic rings. The van der Waals surface area contributed by atoms with Gasteiger partial charge in [-0.25, -0.2) is 0 Å². The third kappa shape index (κ3) is 4.69. The van der Waals surface area contributed by atoms with Crippen LogP contribution in [0, 0.1) is 11.8 Å². The molecular formula is C17H23Cl3N2O2. The van der Waals surface area contributed by atoms with E-state index >= 15 is 0 Å². The summed E-state index contributed by atoms with van der Waals surface area (Å²) in [6, 6.07) is 5.50. The molecule has 0 aromatic heterocycles. The highest BCUT2D eigenvalue weighted by molar-refractivity contribution is 6.42. The van der Waals surface area contributed by atoms with Crippen molar-refractivity contribution in [1.29, 1.82) is 0 Å². The Hall–Kier alpha value is -0.680. The maximum absolute atomic E-state index is 12.2. The molecule has 0 aliphatic heterocycles. The Morgan fingerprint density at radius 1 is 1.21 bits per heavy atom. The summed E-state index contributed by atoms with van der Waals surface area (Å²) in [6.45, 7) is -0.0139. The van der Waals surface area contributed by atoms with E-state index in [4.69, 9.17) is 33.7 Å². The van der Waals surface area contributed by atoms with Crippen molar-refractivity contribution < 1.29 is 9.53 Å². The lowest BCUT2D eigenvalue weighted by Crippen LogP contribution is -2.54. The average Bonchev–Trinajstić information content (AvgIpc) is 2.49. The number of benzene rings is 1. The quantitative estimate of drug-likeness (QED) is 0.817. The molecule has 7 heteroatoms. The lowest BCUT2D eigenvalue weighted by Gasteiger charge is -2.45. The second-order valence-electron chi connectivity index (χ2n) is 6.64. The third-order valence-electron chi connectivity index (χ3n) is 4.97. The van der Waals surface area contributed by atoms with Gasteiger partial charge in [0.15, 0.2) is 6.61 Å². The first-order chi connectivity index (χ1) is 11.0. The fourth-order valence-electron chi connectivity index (χ4n) is 3.97. The van der Waals surface area contributed by atoms with E-state index in [1.807, 2.05) is 0 Å². The summed E-state index contributed by atoms with van der Waals surface area (Å²) in [5, 5.41) is 4.04. The fraction of sp³-hybridized carbons (Fsp3) is 0.588. The van der Waals surface area contributed by atoms with Gasteiger partial charge in [-0.1, -0.05) is 29.6 Å². The standard InChI is InChI=1S/C17H22Cl2N2O2.ClH/c18-14-5-4-13(8-15(14)19)23-9-16(22)21-17-10-2-1-3-11(17)7-12(20)6-10;/h4-5,8,10-12,17H,1-3,6-7,9,20H2,(H,21,22);1H. The normalized spacial score (nSPS) is 28.6. The molecule has 0 saturated heterocycles. The van der Waals surface area contributed by atoms with Crippen LogP contribution >= 0.6 is 35.6 Å². The Bertz CT molecular complexity index is 571. The van der Waals surface area contributed by atoms with Crippen molar-refractivity contribution >= 4 is 41.5 Å². The summed E-state index contributed by atoms with van der Waals surface area (Å²) in [6.07, 6.45) is 5.57. The van der Waals surface area contributed by atoms with Gasteiger partial charge in [0, 0.05) is 18.2 Å². The summed E-state index contributed by atoms with van der Waals surface area (Å²) >= 11 is 11.8. The van der Waals surface area contributed by atoms with E-state index in [1.165, 1.54) is 6.42 Å². The number of ether oxygens (including phenoxy) is 1. The minimum atomic E-state index is -0.0894. The highest BCUT2D eigenvalue weighted by atomic mass is 35.5. The largest absolute Gasteiger partial charge is 0.484 e. The van der Waals surface area contributed by atoms with Crippen molar-refractivity contribution in [2.45, 2.75) is 44.2 Å². The van der Waals surface area contributed by atoms with E-state index in [-0.39, 0.29) is 37.0 Å². The zero-order chi connectivity index (χ0) is 16.4. The molecule has 2 fully saturated rings. The monoisotopic (exact) mass is 392 g/mol. The van der Waals surface area contributed by atoms with Crippen LogP contribution < -0.4 is 15.8 Å².